The fraction of sp³-hybridized carbons (Fsp3) is 0.556. The van der Waals surface area contributed by atoms with Crippen molar-refractivity contribution in [3.63, 3.8) is 0 Å². The van der Waals surface area contributed by atoms with Gasteiger partial charge in [0.25, 0.3) is 0 Å². The molecule has 0 spiro atoms. The van der Waals surface area contributed by atoms with Crippen LogP contribution in [0.15, 0.2) is 12.5 Å². The second kappa shape index (κ2) is 4.41. The maximum Gasteiger partial charge on any atom is 0.321 e. The van der Waals surface area contributed by atoms with Crippen LogP contribution in [0.3, 0.4) is 0 Å². The Morgan fingerprint density at radius 3 is 3.20 bits per heavy atom. The van der Waals surface area contributed by atoms with Crippen LogP contribution in [0, 0.1) is 0 Å². The monoisotopic (exact) mass is 211 g/mol. The van der Waals surface area contributed by atoms with E-state index >= 15 is 0 Å². The fourth-order valence-corrected chi connectivity index (χ4v) is 1.32. The van der Waals surface area contributed by atoms with Crippen molar-refractivity contribution in [1.29, 1.82) is 0 Å². The molecule has 1 aliphatic rings. The number of carboxylic acid groups (broad SMARTS) is 1. The van der Waals surface area contributed by atoms with Crippen LogP contribution in [-0.4, -0.2) is 46.3 Å². The molecule has 0 radical (unpaired) electrons. The van der Waals surface area contributed by atoms with Crippen molar-refractivity contribution in [3.05, 3.63) is 18.2 Å². The van der Waals surface area contributed by atoms with Crippen molar-refractivity contribution >= 4 is 5.97 Å². The number of hydrogen-bond acceptors (Lipinski definition) is 4. The average Bonchev–Trinajstić information content (AvgIpc) is 2.89. The Hall–Kier alpha value is -1.40. The van der Waals surface area contributed by atoms with Crippen LogP contribution in [0.25, 0.3) is 0 Å². The van der Waals surface area contributed by atoms with Crippen molar-refractivity contribution < 1.29 is 14.6 Å². The van der Waals surface area contributed by atoms with Gasteiger partial charge in [-0.05, 0) is 0 Å². The Labute approximate surface area is 86.7 Å². The van der Waals surface area contributed by atoms with Gasteiger partial charge in [-0.2, -0.15) is 0 Å². The van der Waals surface area contributed by atoms with E-state index in [1.54, 1.807) is 6.20 Å². The van der Waals surface area contributed by atoms with Gasteiger partial charge in [0.15, 0.2) is 0 Å². The number of ether oxygens (including phenoxy) is 1. The molecule has 0 saturated carbocycles. The maximum absolute atomic E-state index is 10.9. The molecule has 0 amide bonds. The molecule has 1 aliphatic heterocycles. The van der Waals surface area contributed by atoms with E-state index in [1.165, 1.54) is 6.33 Å². The molecule has 0 aliphatic carbocycles. The van der Waals surface area contributed by atoms with E-state index in [2.05, 4.69) is 15.3 Å². The number of H-pyrrole nitrogens is 1. The van der Waals surface area contributed by atoms with Crippen LogP contribution in [0.5, 0.6) is 0 Å². The molecule has 1 fully saturated rings. The van der Waals surface area contributed by atoms with Gasteiger partial charge in [0.2, 0.25) is 0 Å². The first-order chi connectivity index (χ1) is 7.25. The van der Waals surface area contributed by atoms with Crippen molar-refractivity contribution in [3.8, 4) is 0 Å². The number of carboxylic acids is 1. The largest absolute Gasteiger partial charge is 0.480 e. The Morgan fingerprint density at radius 2 is 2.67 bits per heavy atom. The number of rotatable bonds is 6. The van der Waals surface area contributed by atoms with Gasteiger partial charge < -0.3 is 20.1 Å². The van der Waals surface area contributed by atoms with Crippen LogP contribution in [0.4, 0.5) is 0 Å². The molecule has 1 aromatic rings. The molecule has 2 rings (SSSR count). The van der Waals surface area contributed by atoms with Gasteiger partial charge in [-0.25, -0.2) is 4.98 Å². The summed E-state index contributed by atoms with van der Waals surface area (Å²) >= 11 is 0. The van der Waals surface area contributed by atoms with E-state index in [0.29, 0.717) is 13.0 Å². The third-order valence-electron chi connectivity index (χ3n) is 2.27. The zero-order chi connectivity index (χ0) is 10.7. The van der Waals surface area contributed by atoms with E-state index in [9.17, 15) is 4.79 Å². The molecule has 0 bridgehead atoms. The molecular formula is C9H13N3O3. The Kier molecular flexibility index (Phi) is 2.98. The molecule has 1 saturated heterocycles. The van der Waals surface area contributed by atoms with Crippen molar-refractivity contribution in [2.24, 2.45) is 0 Å². The zero-order valence-electron chi connectivity index (χ0n) is 8.14. The third kappa shape index (κ3) is 3.03. The Balaban J connectivity index is 1.84. The highest BCUT2D eigenvalue weighted by atomic mass is 16.6. The number of carbonyl (C=O) groups is 1. The zero-order valence-corrected chi connectivity index (χ0v) is 8.14. The number of aromatic amines is 1. The number of aromatic nitrogens is 2. The lowest BCUT2D eigenvalue weighted by Gasteiger charge is -2.12. The number of nitrogens with one attached hydrogen (secondary N) is 2. The topological polar surface area (TPSA) is 90.5 Å². The average molecular weight is 211 g/mol. The summed E-state index contributed by atoms with van der Waals surface area (Å²) in [6, 6.07) is -0.588. The summed E-state index contributed by atoms with van der Waals surface area (Å²) in [5.74, 6) is -0.856. The van der Waals surface area contributed by atoms with Gasteiger partial charge in [-0.3, -0.25) is 4.79 Å². The van der Waals surface area contributed by atoms with Crippen LogP contribution < -0.4 is 5.32 Å². The van der Waals surface area contributed by atoms with Crippen molar-refractivity contribution in [2.75, 3.05) is 13.2 Å². The van der Waals surface area contributed by atoms with Crippen LogP contribution in [-0.2, 0) is 16.0 Å². The van der Waals surface area contributed by atoms with E-state index in [1.807, 2.05) is 0 Å². The molecule has 2 atom stereocenters. The number of imidazole rings is 1. The molecule has 3 N–H and O–H groups in total. The smallest absolute Gasteiger partial charge is 0.321 e. The summed E-state index contributed by atoms with van der Waals surface area (Å²) in [6.07, 6.45) is 3.76. The Bertz CT molecular complexity index is 321. The van der Waals surface area contributed by atoms with Gasteiger partial charge in [0.1, 0.15) is 6.04 Å². The second-order valence-corrected chi connectivity index (χ2v) is 3.54. The van der Waals surface area contributed by atoms with Gasteiger partial charge >= 0.3 is 5.97 Å². The number of epoxide rings is 1. The van der Waals surface area contributed by atoms with E-state index in [0.717, 1.165) is 12.3 Å². The predicted octanol–water partition coefficient (Wildman–Crippen LogP) is -0.606. The third-order valence-corrected chi connectivity index (χ3v) is 2.27. The van der Waals surface area contributed by atoms with Crippen molar-refractivity contribution in [2.45, 2.75) is 18.6 Å². The minimum Gasteiger partial charge on any atom is -0.480 e. The van der Waals surface area contributed by atoms with Crippen molar-refractivity contribution in [1.82, 2.24) is 15.3 Å². The Morgan fingerprint density at radius 1 is 1.87 bits per heavy atom. The first-order valence-electron chi connectivity index (χ1n) is 4.81. The summed E-state index contributed by atoms with van der Waals surface area (Å²) in [4.78, 5) is 17.6. The first-order valence-corrected chi connectivity index (χ1v) is 4.81. The minimum absolute atomic E-state index is 0.189. The molecule has 6 heteroatoms. The first kappa shape index (κ1) is 10.1. The highest BCUT2D eigenvalue weighted by Gasteiger charge is 2.25. The second-order valence-electron chi connectivity index (χ2n) is 3.54. The summed E-state index contributed by atoms with van der Waals surface area (Å²) in [5, 5.41) is 11.9. The quantitative estimate of drug-likeness (QED) is 0.546. The van der Waals surface area contributed by atoms with Crippen LogP contribution in [0.1, 0.15) is 5.69 Å². The molecule has 6 nitrogen and oxygen atoms in total. The maximum atomic E-state index is 10.9. The number of aliphatic carboxylic acids is 1. The highest BCUT2D eigenvalue weighted by Crippen LogP contribution is 2.07. The normalized spacial score (nSPS) is 21.2. The van der Waals surface area contributed by atoms with Gasteiger partial charge in [0, 0.05) is 24.9 Å². The van der Waals surface area contributed by atoms with Gasteiger partial charge in [-0.15, -0.1) is 0 Å². The molecule has 0 aromatic carbocycles. The molecule has 2 unspecified atom stereocenters. The van der Waals surface area contributed by atoms with Gasteiger partial charge in [0.05, 0.1) is 19.0 Å². The van der Waals surface area contributed by atoms with Crippen LogP contribution in [0.2, 0.25) is 0 Å². The molecular weight excluding hydrogens is 198 g/mol. The van der Waals surface area contributed by atoms with E-state index in [-0.39, 0.29) is 6.10 Å². The van der Waals surface area contributed by atoms with Gasteiger partial charge in [-0.1, -0.05) is 0 Å². The molecule has 15 heavy (non-hydrogen) atoms. The fourth-order valence-electron chi connectivity index (χ4n) is 1.32. The van der Waals surface area contributed by atoms with Crippen LogP contribution >= 0.6 is 0 Å². The number of hydrogen-bond donors (Lipinski definition) is 3. The highest BCUT2D eigenvalue weighted by molar-refractivity contribution is 5.73. The lowest BCUT2D eigenvalue weighted by molar-refractivity contribution is -0.139. The summed E-state index contributed by atoms with van der Waals surface area (Å²) in [6.45, 7) is 1.31. The van der Waals surface area contributed by atoms with E-state index in [4.69, 9.17) is 9.84 Å². The molecule has 1 aromatic heterocycles. The molecule has 82 valence electrons. The lowest BCUT2D eigenvalue weighted by Crippen LogP contribution is -2.40. The number of nitrogens with zero attached hydrogens (tertiary/aromatic N) is 1. The van der Waals surface area contributed by atoms with E-state index < -0.39 is 12.0 Å². The summed E-state index contributed by atoms with van der Waals surface area (Å²) in [5.41, 5.74) is 0.812. The summed E-state index contributed by atoms with van der Waals surface area (Å²) in [7, 11) is 0. The SMILES string of the molecule is O=C(O)C(Cc1cnc[nH]1)NCC1CO1. The molecule has 2 heterocycles. The summed E-state index contributed by atoms with van der Waals surface area (Å²) < 4.78 is 5.00. The predicted molar refractivity (Wildman–Crippen MR) is 51.5 cm³/mol. The lowest BCUT2D eigenvalue weighted by atomic mass is 10.1. The standard InChI is InChI=1S/C9H13N3O3/c13-9(14)8(11-3-7-4-15-7)1-6-2-10-5-12-6/h2,5,7-8,11H,1,3-4H2,(H,10,12)(H,13,14). The minimum atomic E-state index is -0.856.